The molecule has 3 amide bonds. The van der Waals surface area contributed by atoms with Crippen LogP contribution in [0.4, 0.5) is 11.4 Å². The van der Waals surface area contributed by atoms with Gasteiger partial charge < -0.3 is 5.32 Å². The van der Waals surface area contributed by atoms with Crippen LogP contribution in [0.5, 0.6) is 0 Å². The van der Waals surface area contributed by atoms with E-state index in [9.17, 15) is 14.4 Å². The zero-order chi connectivity index (χ0) is 19.4. The van der Waals surface area contributed by atoms with Crippen molar-refractivity contribution in [3.63, 3.8) is 0 Å². The number of nitrogens with zero attached hydrogens (tertiary/aromatic N) is 1. The standard InChI is InChI=1S/C23H20N2O3/c1-13-3-2-4-17(11-13)24-21(26)14-7-9-18(10-8-14)25-22(27)19-15-5-6-16(12-15)20(19)23(25)28/h2-11,15-16,19-20H,12H2,1H3,(H,24,26)/t15-,16+,19-,20-/m0/s1. The van der Waals surface area contributed by atoms with Crippen molar-refractivity contribution in [2.75, 3.05) is 10.2 Å². The first-order valence-electron chi connectivity index (χ1n) is 9.57. The van der Waals surface area contributed by atoms with Crippen LogP contribution in [0.15, 0.2) is 60.7 Å². The van der Waals surface area contributed by atoms with E-state index in [1.807, 2.05) is 31.2 Å². The van der Waals surface area contributed by atoms with Crippen molar-refractivity contribution in [3.05, 3.63) is 71.8 Å². The number of carbonyl (C=O) groups excluding carboxylic acids is 3. The molecule has 1 heterocycles. The van der Waals surface area contributed by atoms with Gasteiger partial charge in [0.1, 0.15) is 0 Å². The molecular formula is C23H20N2O3. The van der Waals surface area contributed by atoms with Crippen molar-refractivity contribution in [1.82, 2.24) is 0 Å². The third-order valence-corrected chi connectivity index (χ3v) is 6.13. The molecule has 2 fully saturated rings. The monoisotopic (exact) mass is 372 g/mol. The summed E-state index contributed by atoms with van der Waals surface area (Å²) in [6, 6.07) is 14.2. The van der Waals surface area contributed by atoms with E-state index < -0.39 is 0 Å². The van der Waals surface area contributed by atoms with Gasteiger partial charge in [-0.3, -0.25) is 19.3 Å². The summed E-state index contributed by atoms with van der Waals surface area (Å²) < 4.78 is 0. The summed E-state index contributed by atoms with van der Waals surface area (Å²) in [6.07, 6.45) is 5.08. The second-order valence-corrected chi connectivity index (χ2v) is 7.88. The summed E-state index contributed by atoms with van der Waals surface area (Å²) >= 11 is 0. The summed E-state index contributed by atoms with van der Waals surface area (Å²) in [6.45, 7) is 1.96. The molecule has 0 unspecified atom stereocenters. The number of aryl methyl sites for hydroxylation is 1. The number of rotatable bonds is 3. The summed E-state index contributed by atoms with van der Waals surface area (Å²) in [5.41, 5.74) is 2.81. The first-order chi connectivity index (χ1) is 13.5. The third-order valence-electron chi connectivity index (χ3n) is 6.13. The van der Waals surface area contributed by atoms with Crippen LogP contribution in [0.2, 0.25) is 0 Å². The molecule has 5 rings (SSSR count). The smallest absolute Gasteiger partial charge is 0.255 e. The quantitative estimate of drug-likeness (QED) is 0.662. The molecule has 2 aromatic rings. The van der Waals surface area contributed by atoms with Crippen LogP contribution in [0.25, 0.3) is 0 Å². The minimum atomic E-state index is -0.227. The molecular weight excluding hydrogens is 352 g/mol. The third kappa shape index (κ3) is 2.50. The molecule has 1 saturated carbocycles. The highest BCUT2D eigenvalue weighted by atomic mass is 16.2. The van der Waals surface area contributed by atoms with Crippen LogP contribution in [0.3, 0.4) is 0 Å². The maximum atomic E-state index is 12.9. The van der Waals surface area contributed by atoms with Crippen LogP contribution >= 0.6 is 0 Å². The Morgan fingerprint density at radius 2 is 1.61 bits per heavy atom. The first kappa shape index (κ1) is 16.9. The minimum absolute atomic E-state index is 0.108. The molecule has 2 aliphatic carbocycles. The molecule has 1 aliphatic heterocycles. The normalized spacial score (nSPS) is 27.4. The van der Waals surface area contributed by atoms with Gasteiger partial charge in [-0.05, 0) is 67.1 Å². The second-order valence-electron chi connectivity index (χ2n) is 7.88. The summed E-state index contributed by atoms with van der Waals surface area (Å²) in [7, 11) is 0. The van der Waals surface area contributed by atoms with Gasteiger partial charge in [0.15, 0.2) is 0 Å². The van der Waals surface area contributed by atoms with Gasteiger partial charge in [-0.15, -0.1) is 0 Å². The fourth-order valence-electron chi connectivity index (χ4n) is 4.84. The van der Waals surface area contributed by atoms with Gasteiger partial charge in [-0.1, -0.05) is 24.3 Å². The van der Waals surface area contributed by atoms with Gasteiger partial charge in [-0.25, -0.2) is 0 Å². The number of hydrogen-bond acceptors (Lipinski definition) is 3. The minimum Gasteiger partial charge on any atom is -0.322 e. The predicted molar refractivity (Wildman–Crippen MR) is 106 cm³/mol. The fourth-order valence-corrected chi connectivity index (χ4v) is 4.84. The first-order valence-corrected chi connectivity index (χ1v) is 9.57. The van der Waals surface area contributed by atoms with Crippen molar-refractivity contribution in [3.8, 4) is 0 Å². The Morgan fingerprint density at radius 3 is 2.21 bits per heavy atom. The van der Waals surface area contributed by atoms with Gasteiger partial charge in [0, 0.05) is 11.3 Å². The topological polar surface area (TPSA) is 66.5 Å². The number of imide groups is 1. The van der Waals surface area contributed by atoms with Gasteiger partial charge in [0.2, 0.25) is 11.8 Å². The number of anilines is 2. The average Bonchev–Trinajstić information content (AvgIpc) is 3.36. The number of carbonyl (C=O) groups is 3. The number of benzene rings is 2. The molecule has 140 valence electrons. The zero-order valence-corrected chi connectivity index (χ0v) is 15.5. The maximum Gasteiger partial charge on any atom is 0.255 e. The lowest BCUT2D eigenvalue weighted by molar-refractivity contribution is -0.123. The number of hydrogen-bond donors (Lipinski definition) is 1. The Balaban J connectivity index is 1.35. The van der Waals surface area contributed by atoms with E-state index in [1.54, 1.807) is 24.3 Å². The molecule has 5 nitrogen and oxygen atoms in total. The highest BCUT2D eigenvalue weighted by Crippen LogP contribution is 2.53. The average molecular weight is 372 g/mol. The molecule has 1 saturated heterocycles. The molecule has 0 radical (unpaired) electrons. The fraction of sp³-hybridized carbons (Fsp3) is 0.261. The van der Waals surface area contributed by atoms with Crippen molar-refractivity contribution in [2.24, 2.45) is 23.7 Å². The van der Waals surface area contributed by atoms with Crippen LogP contribution in [0.1, 0.15) is 22.3 Å². The van der Waals surface area contributed by atoms with Crippen LogP contribution in [0, 0.1) is 30.6 Å². The molecule has 5 heteroatoms. The predicted octanol–water partition coefficient (Wildman–Crippen LogP) is 3.56. The van der Waals surface area contributed by atoms with Crippen molar-refractivity contribution >= 4 is 29.1 Å². The Kier molecular flexibility index (Phi) is 3.72. The summed E-state index contributed by atoms with van der Waals surface area (Å²) in [5.74, 6) is -0.492. The number of fused-ring (bicyclic) bond motifs is 5. The van der Waals surface area contributed by atoms with Crippen LogP contribution in [-0.2, 0) is 9.59 Å². The molecule has 2 aromatic carbocycles. The molecule has 0 aromatic heterocycles. The lowest BCUT2D eigenvalue weighted by Crippen LogP contribution is -2.32. The van der Waals surface area contributed by atoms with Crippen LogP contribution in [-0.4, -0.2) is 17.7 Å². The lowest BCUT2D eigenvalue weighted by Gasteiger charge is -2.17. The maximum absolute atomic E-state index is 12.9. The van der Waals surface area contributed by atoms with Crippen molar-refractivity contribution < 1.29 is 14.4 Å². The van der Waals surface area contributed by atoms with Gasteiger partial charge in [-0.2, -0.15) is 0 Å². The highest BCUT2D eigenvalue weighted by Gasteiger charge is 2.59. The largest absolute Gasteiger partial charge is 0.322 e. The lowest BCUT2D eigenvalue weighted by atomic mass is 9.85. The van der Waals surface area contributed by atoms with Crippen LogP contribution < -0.4 is 10.2 Å². The van der Waals surface area contributed by atoms with E-state index in [4.69, 9.17) is 0 Å². The zero-order valence-electron chi connectivity index (χ0n) is 15.5. The Morgan fingerprint density at radius 1 is 0.964 bits per heavy atom. The second kappa shape index (κ2) is 6.16. The molecule has 3 aliphatic rings. The number of nitrogens with one attached hydrogen (secondary N) is 1. The number of allylic oxidation sites excluding steroid dienone is 2. The number of amides is 3. The Hall–Kier alpha value is -3.21. The SMILES string of the molecule is Cc1cccc(NC(=O)c2ccc(N3C(=O)[C@@H]4[C@@H](C3=O)[C@H]3C=C[C@@H]4C3)cc2)c1. The summed E-state index contributed by atoms with van der Waals surface area (Å²) in [4.78, 5) is 39.5. The summed E-state index contributed by atoms with van der Waals surface area (Å²) in [5, 5.41) is 2.86. The van der Waals surface area contributed by atoms with Crippen molar-refractivity contribution in [1.29, 1.82) is 0 Å². The van der Waals surface area contributed by atoms with E-state index >= 15 is 0 Å². The Bertz CT molecular complexity index is 994. The van der Waals surface area contributed by atoms with E-state index in [-0.39, 0.29) is 41.4 Å². The van der Waals surface area contributed by atoms with E-state index in [0.29, 0.717) is 11.3 Å². The Labute approximate surface area is 163 Å². The van der Waals surface area contributed by atoms with Crippen molar-refractivity contribution in [2.45, 2.75) is 13.3 Å². The van der Waals surface area contributed by atoms with E-state index in [0.717, 1.165) is 17.7 Å². The molecule has 2 bridgehead atoms. The van der Waals surface area contributed by atoms with Gasteiger partial charge >= 0.3 is 0 Å². The molecule has 28 heavy (non-hydrogen) atoms. The highest BCUT2D eigenvalue weighted by molar-refractivity contribution is 6.23. The molecule has 4 atom stereocenters. The van der Waals surface area contributed by atoms with Gasteiger partial charge in [0.05, 0.1) is 17.5 Å². The van der Waals surface area contributed by atoms with E-state index in [2.05, 4.69) is 17.5 Å². The molecule has 1 N–H and O–H groups in total. The van der Waals surface area contributed by atoms with Gasteiger partial charge in [0.25, 0.3) is 5.91 Å². The van der Waals surface area contributed by atoms with E-state index in [1.165, 1.54) is 4.90 Å². The molecule has 0 spiro atoms.